The number of ether oxygens (including phenoxy) is 1. The van der Waals surface area contributed by atoms with E-state index in [-0.39, 0.29) is 22.5 Å². The molecule has 6 nitrogen and oxygen atoms in total. The van der Waals surface area contributed by atoms with Crippen molar-refractivity contribution in [3.05, 3.63) is 40.4 Å². The molecule has 0 unspecified atom stereocenters. The Hall–Kier alpha value is -1.92. The van der Waals surface area contributed by atoms with Gasteiger partial charge >= 0.3 is 5.97 Å². The highest BCUT2D eigenvalue weighted by atomic mass is 35.5. The number of hydrogen-bond donors (Lipinski definition) is 1. The van der Waals surface area contributed by atoms with Crippen LogP contribution in [0.15, 0.2) is 24.3 Å². The average molecular weight is 313 g/mol. The first-order valence-electron chi connectivity index (χ1n) is 5.70. The highest BCUT2D eigenvalue weighted by molar-refractivity contribution is 6.31. The molecule has 1 N–H and O–H groups in total. The molecule has 2 rings (SSSR count). The number of halogens is 2. The van der Waals surface area contributed by atoms with Crippen molar-refractivity contribution in [3.8, 4) is 0 Å². The molecule has 0 aliphatic carbocycles. The number of carbonyl (C=O) groups excluding carboxylic acids is 1. The van der Waals surface area contributed by atoms with Crippen LogP contribution in [0.2, 0.25) is 10.6 Å². The van der Waals surface area contributed by atoms with Crippen LogP contribution in [0.3, 0.4) is 0 Å². The molecule has 0 atom stereocenters. The second-order valence-corrected chi connectivity index (χ2v) is 4.30. The van der Waals surface area contributed by atoms with Gasteiger partial charge in [-0.15, -0.1) is 0 Å². The van der Waals surface area contributed by atoms with Crippen LogP contribution >= 0.6 is 23.2 Å². The van der Waals surface area contributed by atoms with E-state index in [4.69, 9.17) is 27.9 Å². The predicted molar refractivity (Wildman–Crippen MR) is 75.5 cm³/mol. The monoisotopic (exact) mass is 312 g/mol. The molecule has 0 radical (unpaired) electrons. The van der Waals surface area contributed by atoms with Crippen molar-refractivity contribution in [2.24, 2.45) is 0 Å². The van der Waals surface area contributed by atoms with Crippen LogP contribution < -0.4 is 5.32 Å². The van der Waals surface area contributed by atoms with Gasteiger partial charge in [0.2, 0.25) is 16.5 Å². The summed E-state index contributed by atoms with van der Waals surface area (Å²) in [6.45, 7) is 2.09. The number of nitrogens with zero attached hydrogens (tertiary/aromatic N) is 3. The van der Waals surface area contributed by atoms with E-state index in [1.54, 1.807) is 31.2 Å². The molecule has 0 fully saturated rings. The first-order valence-corrected chi connectivity index (χ1v) is 6.45. The lowest BCUT2D eigenvalue weighted by atomic mass is 10.2. The van der Waals surface area contributed by atoms with Crippen LogP contribution in [0.5, 0.6) is 0 Å². The second-order valence-electron chi connectivity index (χ2n) is 3.62. The van der Waals surface area contributed by atoms with E-state index in [9.17, 15) is 4.79 Å². The molecular formula is C12H10Cl2N4O2. The third-order valence-corrected chi connectivity index (χ3v) is 2.57. The Morgan fingerprint density at radius 1 is 1.15 bits per heavy atom. The third kappa shape index (κ3) is 3.79. The standard InChI is InChI=1S/C12H10Cl2N4O2/c1-2-20-9(19)7-3-5-8(6-4-7)15-12-17-10(13)16-11(14)18-12/h3-6H,2H2,1H3,(H,15,16,17,18). The highest BCUT2D eigenvalue weighted by Crippen LogP contribution is 2.17. The summed E-state index contributed by atoms with van der Waals surface area (Å²) >= 11 is 11.3. The molecular weight excluding hydrogens is 303 g/mol. The summed E-state index contributed by atoms with van der Waals surface area (Å²) in [5.74, 6) is -0.149. The lowest BCUT2D eigenvalue weighted by Gasteiger charge is -2.06. The molecule has 0 aliphatic rings. The topological polar surface area (TPSA) is 77.0 Å². The summed E-state index contributed by atoms with van der Waals surface area (Å²) in [5, 5.41) is 2.89. The van der Waals surface area contributed by atoms with E-state index in [0.717, 1.165) is 0 Å². The molecule has 0 bridgehead atoms. The highest BCUT2D eigenvalue weighted by Gasteiger charge is 2.07. The van der Waals surface area contributed by atoms with Crippen molar-refractivity contribution >= 4 is 40.8 Å². The van der Waals surface area contributed by atoms with E-state index >= 15 is 0 Å². The van der Waals surface area contributed by atoms with Crippen molar-refractivity contribution in [1.29, 1.82) is 0 Å². The first kappa shape index (κ1) is 14.5. The van der Waals surface area contributed by atoms with E-state index in [1.165, 1.54) is 0 Å². The fraction of sp³-hybridized carbons (Fsp3) is 0.167. The third-order valence-electron chi connectivity index (χ3n) is 2.23. The number of carbonyl (C=O) groups is 1. The number of nitrogens with one attached hydrogen (secondary N) is 1. The Balaban J connectivity index is 2.12. The quantitative estimate of drug-likeness (QED) is 0.874. The molecule has 0 aliphatic heterocycles. The molecule has 8 heteroatoms. The van der Waals surface area contributed by atoms with Crippen LogP contribution in [0.1, 0.15) is 17.3 Å². The van der Waals surface area contributed by atoms with Crippen LogP contribution in [0.4, 0.5) is 11.6 Å². The maximum absolute atomic E-state index is 11.5. The van der Waals surface area contributed by atoms with Gasteiger partial charge in [0.1, 0.15) is 0 Å². The summed E-state index contributed by atoms with van der Waals surface area (Å²) < 4.78 is 4.89. The normalized spacial score (nSPS) is 10.2. The van der Waals surface area contributed by atoms with Gasteiger partial charge in [0.25, 0.3) is 0 Å². The zero-order valence-electron chi connectivity index (χ0n) is 10.4. The van der Waals surface area contributed by atoms with Gasteiger partial charge in [-0.2, -0.15) is 15.0 Å². The van der Waals surface area contributed by atoms with Gasteiger partial charge in [0.05, 0.1) is 12.2 Å². The Morgan fingerprint density at radius 3 is 2.30 bits per heavy atom. The van der Waals surface area contributed by atoms with Crippen LogP contribution in [-0.2, 0) is 4.74 Å². The lowest BCUT2D eigenvalue weighted by molar-refractivity contribution is 0.0526. The van der Waals surface area contributed by atoms with Crippen LogP contribution in [-0.4, -0.2) is 27.5 Å². The van der Waals surface area contributed by atoms with Crippen molar-refractivity contribution in [2.75, 3.05) is 11.9 Å². The van der Waals surface area contributed by atoms with E-state index in [2.05, 4.69) is 20.3 Å². The molecule has 0 amide bonds. The number of rotatable bonds is 4. The molecule has 0 saturated heterocycles. The van der Waals surface area contributed by atoms with Crippen molar-refractivity contribution in [1.82, 2.24) is 15.0 Å². The van der Waals surface area contributed by atoms with Gasteiger partial charge in [-0.05, 0) is 54.4 Å². The summed E-state index contributed by atoms with van der Waals surface area (Å²) in [6.07, 6.45) is 0. The Labute approximate surface area is 125 Å². The Kier molecular flexibility index (Phi) is 4.70. The molecule has 0 saturated carbocycles. The minimum absolute atomic E-state index is 0.00403. The van der Waals surface area contributed by atoms with Gasteiger partial charge in [-0.3, -0.25) is 0 Å². The largest absolute Gasteiger partial charge is 0.462 e. The summed E-state index contributed by atoms with van der Waals surface area (Å²) in [6, 6.07) is 6.64. The van der Waals surface area contributed by atoms with Gasteiger partial charge in [0.15, 0.2) is 0 Å². The molecule has 104 valence electrons. The smallest absolute Gasteiger partial charge is 0.338 e. The van der Waals surface area contributed by atoms with E-state index in [1.807, 2.05) is 0 Å². The van der Waals surface area contributed by atoms with Crippen molar-refractivity contribution in [2.45, 2.75) is 6.92 Å². The maximum Gasteiger partial charge on any atom is 0.338 e. The Bertz CT molecular complexity index is 599. The summed E-state index contributed by atoms with van der Waals surface area (Å²) in [5.41, 5.74) is 1.14. The lowest BCUT2D eigenvalue weighted by Crippen LogP contribution is -2.04. The minimum atomic E-state index is -0.370. The summed E-state index contributed by atoms with van der Waals surface area (Å²) in [7, 11) is 0. The molecule has 2 aromatic rings. The number of aromatic nitrogens is 3. The number of benzene rings is 1. The van der Waals surface area contributed by atoms with Crippen molar-refractivity contribution < 1.29 is 9.53 Å². The maximum atomic E-state index is 11.5. The fourth-order valence-corrected chi connectivity index (χ4v) is 1.78. The molecule has 1 aromatic heterocycles. The van der Waals surface area contributed by atoms with E-state index < -0.39 is 0 Å². The average Bonchev–Trinajstić information content (AvgIpc) is 2.38. The van der Waals surface area contributed by atoms with Gasteiger partial charge < -0.3 is 10.1 Å². The molecule has 1 heterocycles. The number of anilines is 2. The minimum Gasteiger partial charge on any atom is -0.462 e. The molecule has 1 aromatic carbocycles. The van der Waals surface area contributed by atoms with Crippen LogP contribution in [0.25, 0.3) is 0 Å². The van der Waals surface area contributed by atoms with E-state index in [0.29, 0.717) is 17.9 Å². The SMILES string of the molecule is CCOC(=O)c1ccc(Nc2nc(Cl)nc(Cl)n2)cc1. The second kappa shape index (κ2) is 6.49. The fourth-order valence-electron chi connectivity index (χ4n) is 1.41. The van der Waals surface area contributed by atoms with Crippen LogP contribution in [0, 0.1) is 0 Å². The van der Waals surface area contributed by atoms with Gasteiger partial charge in [-0.1, -0.05) is 0 Å². The van der Waals surface area contributed by atoms with Crippen molar-refractivity contribution in [3.63, 3.8) is 0 Å². The van der Waals surface area contributed by atoms with Gasteiger partial charge in [-0.25, -0.2) is 4.79 Å². The molecule has 0 spiro atoms. The summed E-state index contributed by atoms with van der Waals surface area (Å²) in [4.78, 5) is 22.9. The number of hydrogen-bond acceptors (Lipinski definition) is 6. The zero-order valence-corrected chi connectivity index (χ0v) is 11.9. The number of esters is 1. The molecule has 20 heavy (non-hydrogen) atoms. The predicted octanol–water partition coefficient (Wildman–Crippen LogP) is 3.10. The Morgan fingerprint density at radius 2 is 1.75 bits per heavy atom. The zero-order chi connectivity index (χ0) is 14.5. The van der Waals surface area contributed by atoms with Gasteiger partial charge in [0, 0.05) is 5.69 Å². The first-order chi connectivity index (χ1) is 9.58.